The predicted octanol–water partition coefficient (Wildman–Crippen LogP) is 8.14. The van der Waals surface area contributed by atoms with E-state index in [-0.39, 0.29) is 23.5 Å². The number of nitrogens with zero attached hydrogens (tertiary/aromatic N) is 2. The first kappa shape index (κ1) is 32.8. The van der Waals surface area contributed by atoms with Gasteiger partial charge in [-0.1, -0.05) is 40.7 Å². The van der Waals surface area contributed by atoms with Crippen LogP contribution in [0.4, 0.5) is 10.1 Å². The average molecular weight is 595 g/mol. The molecule has 6 nitrogen and oxygen atoms in total. The number of carbonyl (C=O) groups is 1. The molecule has 2 aliphatic heterocycles. The Morgan fingerprint density at radius 3 is 2.16 bits per heavy atom. The minimum Gasteiger partial charge on any atom is -0.494 e. The first-order valence-corrected chi connectivity index (χ1v) is 15.9. The molecule has 0 aliphatic carbocycles. The lowest BCUT2D eigenvalue weighted by Gasteiger charge is -2.44. The lowest BCUT2D eigenvalue weighted by molar-refractivity contribution is 0.0255. The third-order valence-corrected chi connectivity index (χ3v) is 9.58. The highest BCUT2D eigenvalue weighted by molar-refractivity contribution is 5.99. The second-order valence-electron chi connectivity index (χ2n) is 12.9. The van der Waals surface area contributed by atoms with Crippen molar-refractivity contribution >= 4 is 11.5 Å². The number of fused-ring (bicyclic) bond motifs is 1. The van der Waals surface area contributed by atoms with Crippen LogP contribution in [-0.4, -0.2) is 50.6 Å². The molecule has 2 aromatic rings. The Labute approximate surface area is 258 Å². The Balaban J connectivity index is 1.89. The number of rotatable bonds is 12. The summed E-state index contributed by atoms with van der Waals surface area (Å²) in [6, 6.07) is 5.93. The fraction of sp³-hybridized carbons (Fsp3) is 0.583. The van der Waals surface area contributed by atoms with Crippen molar-refractivity contribution in [3.63, 3.8) is 0 Å². The summed E-state index contributed by atoms with van der Waals surface area (Å²) in [5.74, 6) is 0.886. The van der Waals surface area contributed by atoms with Crippen LogP contribution >= 0.6 is 0 Å². The summed E-state index contributed by atoms with van der Waals surface area (Å²) in [7, 11) is 1.71. The van der Waals surface area contributed by atoms with Gasteiger partial charge in [-0.3, -0.25) is 9.69 Å². The Kier molecular flexibility index (Phi) is 9.55. The second-order valence-corrected chi connectivity index (χ2v) is 12.9. The highest BCUT2D eigenvalue weighted by Crippen LogP contribution is 2.57. The zero-order chi connectivity index (χ0) is 31.7. The number of Topliss-reactive ketones (excluding diaryl/α,β-unsaturated/α-hetero) is 1. The average Bonchev–Trinajstić information content (AvgIpc) is 3.59. The smallest absolute Gasteiger partial charge is 0.197 e. The van der Waals surface area contributed by atoms with Gasteiger partial charge in [-0.25, -0.2) is 4.39 Å². The van der Waals surface area contributed by atoms with E-state index in [9.17, 15) is 4.79 Å². The molecule has 0 saturated carbocycles. The molecule has 0 N–H and O–H groups in total. The summed E-state index contributed by atoms with van der Waals surface area (Å²) in [5.41, 5.74) is 2.16. The Hall–Kier alpha value is -3.06. The van der Waals surface area contributed by atoms with Crippen molar-refractivity contribution in [1.82, 2.24) is 4.90 Å². The lowest BCUT2D eigenvalue weighted by Crippen LogP contribution is -2.51. The van der Waals surface area contributed by atoms with Gasteiger partial charge in [0, 0.05) is 35.3 Å². The van der Waals surface area contributed by atoms with Gasteiger partial charge in [0.1, 0.15) is 5.75 Å². The van der Waals surface area contributed by atoms with Crippen LogP contribution in [0.3, 0.4) is 0 Å². The molecule has 0 amide bonds. The van der Waals surface area contributed by atoms with Crippen molar-refractivity contribution in [2.75, 3.05) is 44.9 Å². The van der Waals surface area contributed by atoms with Gasteiger partial charge in [-0.2, -0.15) is 0 Å². The van der Waals surface area contributed by atoms with Crippen LogP contribution in [0.2, 0.25) is 0 Å². The summed E-state index contributed by atoms with van der Waals surface area (Å²) in [5, 5.41) is 0. The minimum absolute atomic E-state index is 0.0174. The predicted molar refractivity (Wildman–Crippen MR) is 173 cm³/mol. The van der Waals surface area contributed by atoms with Gasteiger partial charge in [-0.05, 0) is 75.6 Å². The van der Waals surface area contributed by atoms with Gasteiger partial charge in [0.05, 0.1) is 38.1 Å². The van der Waals surface area contributed by atoms with Crippen LogP contribution < -0.4 is 19.1 Å². The number of hydrogen-bond donors (Lipinski definition) is 0. The maximum Gasteiger partial charge on any atom is 0.197 e. The second kappa shape index (κ2) is 12.5. The molecule has 236 valence electrons. The first-order chi connectivity index (χ1) is 20.4. The number of benzene rings is 2. The van der Waals surface area contributed by atoms with E-state index in [0.717, 1.165) is 48.5 Å². The maximum absolute atomic E-state index is 16.6. The highest BCUT2D eigenvalue weighted by atomic mass is 19.1. The van der Waals surface area contributed by atoms with Gasteiger partial charge in [0.2, 0.25) is 0 Å². The number of methoxy groups -OCH3 is 1. The molecule has 0 radical (unpaired) electrons. The number of anilines is 1. The Bertz CT molecular complexity index is 1350. The molecule has 43 heavy (non-hydrogen) atoms. The van der Waals surface area contributed by atoms with Crippen molar-refractivity contribution in [2.24, 2.45) is 0 Å². The van der Waals surface area contributed by atoms with Gasteiger partial charge in [0.15, 0.2) is 23.1 Å². The van der Waals surface area contributed by atoms with E-state index in [2.05, 4.69) is 51.0 Å². The topological polar surface area (TPSA) is 51.2 Å². The normalized spacial score (nSPS) is 19.8. The molecule has 2 heterocycles. The molecule has 1 atom stereocenters. The Morgan fingerprint density at radius 1 is 1.02 bits per heavy atom. The number of hydrogen-bond acceptors (Lipinski definition) is 6. The zero-order valence-corrected chi connectivity index (χ0v) is 27.8. The molecular weight excluding hydrogens is 543 g/mol. The molecule has 2 aliphatic rings. The van der Waals surface area contributed by atoms with E-state index in [1.54, 1.807) is 13.2 Å². The van der Waals surface area contributed by atoms with Gasteiger partial charge in [-0.15, -0.1) is 6.58 Å². The van der Waals surface area contributed by atoms with Crippen LogP contribution in [0, 0.1) is 5.82 Å². The molecule has 1 unspecified atom stereocenters. The van der Waals surface area contributed by atoms with Gasteiger partial charge < -0.3 is 19.1 Å². The maximum atomic E-state index is 16.6. The van der Waals surface area contributed by atoms with Crippen LogP contribution in [0.25, 0.3) is 0 Å². The van der Waals surface area contributed by atoms with E-state index in [1.807, 2.05) is 39.0 Å². The molecule has 2 aromatic carbocycles. The van der Waals surface area contributed by atoms with Crippen molar-refractivity contribution in [3.8, 4) is 17.2 Å². The third-order valence-electron chi connectivity index (χ3n) is 9.58. The summed E-state index contributed by atoms with van der Waals surface area (Å²) in [6.45, 7) is 23.2. The van der Waals surface area contributed by atoms with Crippen molar-refractivity contribution < 1.29 is 23.4 Å². The van der Waals surface area contributed by atoms with Crippen LogP contribution in [0.1, 0.15) is 108 Å². The summed E-state index contributed by atoms with van der Waals surface area (Å²) < 4.78 is 34.3. The van der Waals surface area contributed by atoms with Crippen LogP contribution in [-0.2, 0) is 16.5 Å². The Morgan fingerprint density at radius 2 is 1.65 bits per heavy atom. The van der Waals surface area contributed by atoms with Gasteiger partial charge in [0.25, 0.3) is 0 Å². The highest BCUT2D eigenvalue weighted by Gasteiger charge is 2.56. The van der Waals surface area contributed by atoms with Crippen molar-refractivity contribution in [3.05, 3.63) is 58.9 Å². The molecule has 7 heteroatoms. The molecular formula is C36H51FN2O4. The zero-order valence-electron chi connectivity index (χ0n) is 27.8. The lowest BCUT2D eigenvalue weighted by atomic mass is 9.83. The largest absolute Gasteiger partial charge is 0.494 e. The number of halogens is 1. The van der Waals surface area contributed by atoms with E-state index >= 15 is 4.39 Å². The van der Waals surface area contributed by atoms with E-state index in [1.165, 1.54) is 0 Å². The monoisotopic (exact) mass is 594 g/mol. The molecule has 0 spiro atoms. The SMILES string of the molecule is C=CC1(C)c2c(cc(OCC)c(OCC)c2F)C(CC)(CC)N1CC(=O)c1cc(N2CCCC2)c(OC)c(C(C)(C)C)c1. The molecule has 4 rings (SSSR count). The third kappa shape index (κ3) is 5.43. The fourth-order valence-electron chi connectivity index (χ4n) is 7.25. The molecule has 0 bridgehead atoms. The van der Waals surface area contributed by atoms with Crippen LogP contribution in [0.15, 0.2) is 30.9 Å². The quantitative estimate of drug-likeness (QED) is 0.183. The summed E-state index contributed by atoms with van der Waals surface area (Å²) >= 11 is 0. The van der Waals surface area contributed by atoms with E-state index in [0.29, 0.717) is 42.9 Å². The number of ether oxygens (including phenoxy) is 3. The fourth-order valence-corrected chi connectivity index (χ4v) is 7.25. The van der Waals surface area contributed by atoms with Crippen molar-refractivity contribution in [2.45, 2.75) is 97.6 Å². The minimum atomic E-state index is -0.950. The molecule has 0 aromatic heterocycles. The summed E-state index contributed by atoms with van der Waals surface area (Å²) in [6.07, 6.45) is 5.37. The first-order valence-electron chi connectivity index (χ1n) is 15.9. The van der Waals surface area contributed by atoms with Gasteiger partial charge >= 0.3 is 0 Å². The standard InChI is InChI=1S/C36H51FN2O4/c1-11-35(9)30-25(22-29(42-14-4)33(31(30)37)43-15-5)36(12-2,13-3)39(35)23-28(40)24-20-26(34(6,7)8)32(41-10)27(21-24)38-18-16-17-19-38/h11,20-22H,1,12-19,23H2,2-10H3. The molecule has 1 fully saturated rings. The number of carbonyl (C=O) groups excluding carboxylic acids is 1. The van der Waals surface area contributed by atoms with E-state index < -0.39 is 16.9 Å². The van der Waals surface area contributed by atoms with Crippen molar-refractivity contribution in [1.29, 1.82) is 0 Å². The summed E-state index contributed by atoms with van der Waals surface area (Å²) in [4.78, 5) is 19.0. The molecule has 1 saturated heterocycles. The van der Waals surface area contributed by atoms with Crippen LogP contribution in [0.5, 0.6) is 17.2 Å². The van der Waals surface area contributed by atoms with E-state index in [4.69, 9.17) is 14.2 Å². The number of ketones is 1.